The molecule has 43 heavy (non-hydrogen) atoms. The van der Waals surface area contributed by atoms with Crippen molar-refractivity contribution in [3.05, 3.63) is 70.6 Å². The van der Waals surface area contributed by atoms with Gasteiger partial charge in [0.15, 0.2) is 11.5 Å². The van der Waals surface area contributed by atoms with Gasteiger partial charge in [0.05, 0.1) is 42.3 Å². The molecule has 0 atom stereocenters. The normalized spacial score (nSPS) is 14.0. The number of rotatable bonds is 9. The first kappa shape index (κ1) is 33.6. The third-order valence-electron chi connectivity index (χ3n) is 6.53. The Balaban J connectivity index is 0.000000386. The highest BCUT2D eigenvalue weighted by atomic mass is 32.2. The molecule has 2 aromatic carbocycles. The van der Waals surface area contributed by atoms with Crippen molar-refractivity contribution < 1.29 is 32.0 Å². The number of likely N-dealkylation sites (N-methyl/N-ethyl adjacent to an activating group) is 1. The second-order valence-electron chi connectivity index (χ2n) is 10.1. The first-order valence-electron chi connectivity index (χ1n) is 13.5. The van der Waals surface area contributed by atoms with Crippen molar-refractivity contribution in [3.8, 4) is 17.6 Å². The maximum atomic E-state index is 11.9. The molecule has 1 saturated heterocycles. The van der Waals surface area contributed by atoms with E-state index >= 15 is 0 Å². The van der Waals surface area contributed by atoms with E-state index in [1.54, 1.807) is 43.8 Å². The number of anilines is 1. The van der Waals surface area contributed by atoms with Gasteiger partial charge in [0.25, 0.3) is 10.1 Å². The smallest absolute Gasteiger partial charge is 0.320 e. The molecule has 1 aliphatic rings. The molecule has 1 aromatic heterocycles. The lowest BCUT2D eigenvalue weighted by molar-refractivity contribution is -0.150. The molecule has 1 aliphatic heterocycles. The summed E-state index contributed by atoms with van der Waals surface area (Å²) in [5.74, 6) is 1.05. The molecule has 0 radical (unpaired) electrons. The molecular weight excluding hydrogens is 590 g/mol. The second kappa shape index (κ2) is 15.5. The van der Waals surface area contributed by atoms with E-state index in [0.29, 0.717) is 23.6 Å². The Morgan fingerprint density at radius 2 is 1.72 bits per heavy atom. The topological polar surface area (TPSA) is 129 Å². The zero-order valence-corrected chi connectivity index (χ0v) is 26.6. The van der Waals surface area contributed by atoms with Crippen LogP contribution in [0.5, 0.6) is 11.5 Å². The number of esters is 1. The Hall–Kier alpha value is -3.89. The lowest BCUT2D eigenvalue weighted by atomic mass is 10.1. The molecule has 1 N–H and O–H groups in total. The lowest BCUT2D eigenvalue weighted by Gasteiger charge is -2.32. The average molecular weight is 628 g/mol. The van der Waals surface area contributed by atoms with Gasteiger partial charge in [0.2, 0.25) is 0 Å². The number of nitriles is 1. The van der Waals surface area contributed by atoms with Crippen LogP contribution in [0.15, 0.2) is 59.5 Å². The minimum absolute atomic E-state index is 0.0201. The molecule has 0 aliphatic carbocycles. The molecule has 10 nitrogen and oxygen atoms in total. The molecule has 0 bridgehead atoms. The predicted molar refractivity (Wildman–Crippen MR) is 168 cm³/mol. The Bertz CT molecular complexity index is 1550. The number of aryl methyl sites for hydroxylation is 1. The van der Waals surface area contributed by atoms with Gasteiger partial charge < -0.3 is 19.1 Å². The Morgan fingerprint density at radius 1 is 1.07 bits per heavy atom. The molecule has 1 fully saturated rings. The fourth-order valence-electron chi connectivity index (χ4n) is 4.30. The summed E-state index contributed by atoms with van der Waals surface area (Å²) in [6.45, 7) is 3.82. The fraction of sp³-hybridized carbons (Fsp3) is 0.355. The van der Waals surface area contributed by atoms with Gasteiger partial charge in [-0.25, -0.2) is 0 Å². The molecule has 3 aromatic rings. The van der Waals surface area contributed by atoms with E-state index in [1.165, 1.54) is 12.1 Å². The number of carbonyl (C=O) groups is 1. The molecule has 0 amide bonds. The number of piperidine rings is 1. The van der Waals surface area contributed by atoms with E-state index in [9.17, 15) is 18.5 Å². The summed E-state index contributed by atoms with van der Waals surface area (Å²) >= 11 is 1.65. The highest BCUT2D eigenvalue weighted by Crippen LogP contribution is 2.34. The zero-order chi connectivity index (χ0) is 31.6. The van der Waals surface area contributed by atoms with Crippen molar-refractivity contribution in [2.45, 2.75) is 30.8 Å². The SMILES string of the molecule is COc1ccc(/C(C#N)=C/c2ccc(N3CCC(OC(=O)CN(C)C)CC3)s2)cc1OC.Cc1ccc(S(=O)(=O)O)cc1. The number of hydrogen-bond donors (Lipinski definition) is 1. The van der Waals surface area contributed by atoms with E-state index in [2.05, 4.69) is 17.0 Å². The maximum absolute atomic E-state index is 11.9. The average Bonchev–Trinajstić information content (AvgIpc) is 3.44. The van der Waals surface area contributed by atoms with E-state index in [-0.39, 0.29) is 17.0 Å². The summed E-state index contributed by atoms with van der Waals surface area (Å²) in [5, 5.41) is 10.9. The van der Waals surface area contributed by atoms with E-state index in [1.807, 2.05) is 50.2 Å². The van der Waals surface area contributed by atoms with Crippen LogP contribution in [-0.4, -0.2) is 77.9 Å². The molecule has 0 saturated carbocycles. The van der Waals surface area contributed by atoms with Crippen LogP contribution in [-0.2, 0) is 19.6 Å². The monoisotopic (exact) mass is 627 g/mol. The van der Waals surface area contributed by atoms with Gasteiger partial charge in [-0.2, -0.15) is 13.7 Å². The Labute approximate surface area is 257 Å². The van der Waals surface area contributed by atoms with Crippen molar-refractivity contribution in [1.29, 1.82) is 5.26 Å². The van der Waals surface area contributed by atoms with Crippen molar-refractivity contribution in [2.75, 3.05) is 52.8 Å². The van der Waals surface area contributed by atoms with Gasteiger partial charge in [0, 0.05) is 30.8 Å². The molecule has 230 valence electrons. The van der Waals surface area contributed by atoms with Crippen LogP contribution in [0.3, 0.4) is 0 Å². The van der Waals surface area contributed by atoms with E-state index in [4.69, 9.17) is 18.8 Å². The summed E-state index contributed by atoms with van der Waals surface area (Å²) in [6.07, 6.45) is 3.51. The van der Waals surface area contributed by atoms with Gasteiger partial charge in [-0.05, 0) is 75.1 Å². The van der Waals surface area contributed by atoms with Crippen LogP contribution in [0.4, 0.5) is 5.00 Å². The van der Waals surface area contributed by atoms with Gasteiger partial charge >= 0.3 is 5.97 Å². The first-order chi connectivity index (χ1) is 20.4. The molecule has 2 heterocycles. The number of allylic oxidation sites excluding steroid dienone is 1. The standard InChI is InChI=1S/C24H29N3O4S.C7H8O3S/c1-26(2)16-24(28)31-19-9-11-27(12-10-19)23-8-6-20(32-23)13-18(15-25)17-5-7-21(29-3)22(14-17)30-4;1-6-2-4-7(5-3-6)11(8,9)10/h5-8,13-14,19H,9-12,16H2,1-4H3;2-5H,1H3,(H,8,9,10)/b18-13+;. The Morgan fingerprint density at radius 3 is 2.28 bits per heavy atom. The van der Waals surface area contributed by atoms with Crippen LogP contribution in [0, 0.1) is 18.3 Å². The number of benzene rings is 2. The van der Waals surface area contributed by atoms with Crippen LogP contribution < -0.4 is 14.4 Å². The van der Waals surface area contributed by atoms with Crippen LogP contribution in [0.2, 0.25) is 0 Å². The van der Waals surface area contributed by atoms with Gasteiger partial charge in [0.1, 0.15) is 6.10 Å². The molecule has 12 heteroatoms. The van der Waals surface area contributed by atoms with Gasteiger partial charge in [-0.3, -0.25) is 14.2 Å². The summed E-state index contributed by atoms with van der Waals surface area (Å²) in [7, 11) is 2.86. The molecule has 4 rings (SSSR count). The molecule has 0 unspecified atom stereocenters. The molecule has 0 spiro atoms. The van der Waals surface area contributed by atoms with E-state index in [0.717, 1.165) is 46.9 Å². The van der Waals surface area contributed by atoms with E-state index < -0.39 is 10.1 Å². The first-order valence-corrected chi connectivity index (χ1v) is 15.8. The zero-order valence-electron chi connectivity index (χ0n) is 24.9. The number of thiophene rings is 1. The summed E-state index contributed by atoms with van der Waals surface area (Å²) < 4.78 is 45.8. The summed E-state index contributed by atoms with van der Waals surface area (Å²) in [5.41, 5.74) is 2.30. The lowest BCUT2D eigenvalue weighted by Crippen LogP contribution is -2.38. The van der Waals surface area contributed by atoms with Crippen LogP contribution in [0.1, 0.15) is 28.8 Å². The van der Waals surface area contributed by atoms with Crippen molar-refractivity contribution in [2.24, 2.45) is 0 Å². The van der Waals surface area contributed by atoms with Crippen LogP contribution >= 0.6 is 11.3 Å². The summed E-state index contributed by atoms with van der Waals surface area (Å²) in [4.78, 5) is 16.9. The quantitative estimate of drug-likeness (QED) is 0.193. The number of nitrogens with zero attached hydrogens (tertiary/aromatic N) is 3. The number of carbonyl (C=O) groups excluding carboxylic acids is 1. The second-order valence-corrected chi connectivity index (χ2v) is 12.6. The Kier molecular flexibility index (Phi) is 12.1. The number of methoxy groups -OCH3 is 2. The third kappa shape index (κ3) is 10.1. The van der Waals surface area contributed by atoms with Crippen LogP contribution in [0.25, 0.3) is 11.6 Å². The van der Waals surface area contributed by atoms with Gasteiger partial charge in [-0.15, -0.1) is 11.3 Å². The maximum Gasteiger partial charge on any atom is 0.320 e. The van der Waals surface area contributed by atoms with Crippen molar-refractivity contribution in [1.82, 2.24) is 4.90 Å². The minimum Gasteiger partial charge on any atom is -0.493 e. The molecular formula is C31H37N3O7S2. The minimum atomic E-state index is -4.02. The van der Waals surface area contributed by atoms with Crippen molar-refractivity contribution in [3.63, 3.8) is 0 Å². The highest BCUT2D eigenvalue weighted by Gasteiger charge is 2.23. The highest BCUT2D eigenvalue weighted by molar-refractivity contribution is 7.85. The fourth-order valence-corrected chi connectivity index (χ4v) is 5.78. The van der Waals surface area contributed by atoms with Crippen molar-refractivity contribution >= 4 is 44.1 Å². The largest absolute Gasteiger partial charge is 0.493 e. The number of hydrogen-bond acceptors (Lipinski definition) is 10. The number of ether oxygens (including phenoxy) is 3. The third-order valence-corrected chi connectivity index (χ3v) is 8.49. The summed E-state index contributed by atoms with van der Waals surface area (Å²) in [6, 6.07) is 17.9. The van der Waals surface area contributed by atoms with Gasteiger partial charge in [-0.1, -0.05) is 17.7 Å². The predicted octanol–water partition coefficient (Wildman–Crippen LogP) is 5.14.